The fraction of sp³-hybridized carbons (Fsp3) is 0.688. The average molecular weight is 277 g/mol. The molecule has 1 saturated heterocycles. The van der Waals surface area contributed by atoms with Crippen molar-refractivity contribution in [3.8, 4) is 0 Å². The van der Waals surface area contributed by atoms with Crippen LogP contribution in [0.1, 0.15) is 39.0 Å². The van der Waals surface area contributed by atoms with Crippen LogP contribution in [-0.2, 0) is 17.8 Å². The van der Waals surface area contributed by atoms with Gasteiger partial charge >= 0.3 is 0 Å². The fourth-order valence-corrected chi connectivity index (χ4v) is 2.62. The predicted octanol–water partition coefficient (Wildman–Crippen LogP) is 2.19. The molecule has 0 bridgehead atoms. The Balaban J connectivity index is 1.87. The zero-order valence-corrected chi connectivity index (χ0v) is 13.1. The molecule has 20 heavy (non-hydrogen) atoms. The number of pyridine rings is 1. The Morgan fingerprint density at radius 1 is 1.30 bits per heavy atom. The van der Waals surface area contributed by atoms with Crippen LogP contribution in [0.15, 0.2) is 18.3 Å². The van der Waals surface area contributed by atoms with Crippen molar-refractivity contribution in [1.82, 2.24) is 15.2 Å². The first kappa shape index (κ1) is 15.4. The molecule has 4 nitrogen and oxygen atoms in total. The van der Waals surface area contributed by atoms with Crippen LogP contribution in [0.25, 0.3) is 0 Å². The molecule has 1 N–H and O–H groups in total. The minimum atomic E-state index is 0.313. The van der Waals surface area contributed by atoms with Crippen LogP contribution in [-0.4, -0.2) is 41.2 Å². The lowest BCUT2D eigenvalue weighted by Gasteiger charge is -2.35. The van der Waals surface area contributed by atoms with E-state index in [1.807, 2.05) is 6.20 Å². The van der Waals surface area contributed by atoms with Crippen molar-refractivity contribution in [2.75, 3.05) is 13.1 Å². The van der Waals surface area contributed by atoms with Gasteiger partial charge in [-0.3, -0.25) is 9.88 Å². The third-order valence-corrected chi connectivity index (χ3v) is 3.48. The highest BCUT2D eigenvalue weighted by Gasteiger charge is 2.22. The minimum absolute atomic E-state index is 0.313. The number of morpholine rings is 1. The molecule has 1 aromatic rings. The van der Waals surface area contributed by atoms with E-state index in [9.17, 15) is 0 Å². The summed E-state index contributed by atoms with van der Waals surface area (Å²) in [5.74, 6) is 0. The summed E-state index contributed by atoms with van der Waals surface area (Å²) >= 11 is 0. The van der Waals surface area contributed by atoms with Crippen molar-refractivity contribution in [3.63, 3.8) is 0 Å². The van der Waals surface area contributed by atoms with Gasteiger partial charge in [-0.1, -0.05) is 19.9 Å². The second-order valence-corrected chi connectivity index (χ2v) is 6.14. The van der Waals surface area contributed by atoms with E-state index in [0.29, 0.717) is 18.2 Å². The Bertz CT molecular complexity index is 395. The monoisotopic (exact) mass is 277 g/mol. The van der Waals surface area contributed by atoms with Crippen molar-refractivity contribution in [2.24, 2.45) is 0 Å². The van der Waals surface area contributed by atoms with Crippen LogP contribution in [0.5, 0.6) is 0 Å². The average Bonchev–Trinajstić information content (AvgIpc) is 2.36. The molecule has 0 spiro atoms. The molecule has 2 rings (SSSR count). The van der Waals surface area contributed by atoms with Gasteiger partial charge in [0.1, 0.15) is 0 Å². The van der Waals surface area contributed by atoms with Crippen molar-refractivity contribution < 1.29 is 4.74 Å². The van der Waals surface area contributed by atoms with Gasteiger partial charge in [-0.05, 0) is 25.5 Å². The van der Waals surface area contributed by atoms with Gasteiger partial charge in [-0.2, -0.15) is 0 Å². The van der Waals surface area contributed by atoms with Crippen LogP contribution in [0.2, 0.25) is 0 Å². The number of nitrogens with one attached hydrogen (secondary N) is 1. The summed E-state index contributed by atoms with van der Waals surface area (Å²) in [6.07, 6.45) is 2.61. The highest BCUT2D eigenvalue weighted by atomic mass is 16.5. The molecule has 0 aliphatic carbocycles. The summed E-state index contributed by atoms with van der Waals surface area (Å²) in [6, 6.07) is 4.82. The van der Waals surface area contributed by atoms with Gasteiger partial charge < -0.3 is 10.1 Å². The summed E-state index contributed by atoms with van der Waals surface area (Å²) in [6.45, 7) is 12.4. The maximum absolute atomic E-state index is 5.76. The Hall–Kier alpha value is -0.970. The van der Waals surface area contributed by atoms with Crippen molar-refractivity contribution in [2.45, 2.75) is 59.0 Å². The second-order valence-electron chi connectivity index (χ2n) is 6.14. The van der Waals surface area contributed by atoms with Crippen LogP contribution in [0.4, 0.5) is 0 Å². The van der Waals surface area contributed by atoms with Crippen molar-refractivity contribution in [3.05, 3.63) is 29.6 Å². The molecule has 1 aliphatic rings. The number of ether oxygens (including phenoxy) is 1. The summed E-state index contributed by atoms with van der Waals surface area (Å²) < 4.78 is 5.76. The number of hydrogen-bond donors (Lipinski definition) is 1. The van der Waals surface area contributed by atoms with Gasteiger partial charge in [0.05, 0.1) is 17.9 Å². The quantitative estimate of drug-likeness (QED) is 0.895. The van der Waals surface area contributed by atoms with E-state index in [1.165, 1.54) is 5.56 Å². The van der Waals surface area contributed by atoms with Gasteiger partial charge in [0, 0.05) is 38.4 Å². The van der Waals surface area contributed by atoms with Crippen LogP contribution >= 0.6 is 0 Å². The summed E-state index contributed by atoms with van der Waals surface area (Å²) in [4.78, 5) is 7.00. The number of hydrogen-bond acceptors (Lipinski definition) is 4. The predicted molar refractivity (Wildman–Crippen MR) is 81.5 cm³/mol. The molecular weight excluding hydrogens is 250 g/mol. The molecule has 0 saturated carbocycles. The van der Waals surface area contributed by atoms with E-state index in [0.717, 1.165) is 31.9 Å². The largest absolute Gasteiger partial charge is 0.373 e. The lowest BCUT2D eigenvalue weighted by molar-refractivity contribution is -0.0707. The zero-order chi connectivity index (χ0) is 14.5. The van der Waals surface area contributed by atoms with Gasteiger partial charge in [-0.15, -0.1) is 0 Å². The number of aromatic nitrogens is 1. The maximum Gasteiger partial charge on any atom is 0.0678 e. The van der Waals surface area contributed by atoms with Gasteiger partial charge in [0.2, 0.25) is 0 Å². The van der Waals surface area contributed by atoms with Crippen LogP contribution in [0.3, 0.4) is 0 Å². The van der Waals surface area contributed by atoms with Crippen LogP contribution in [0, 0.1) is 0 Å². The molecule has 4 heteroatoms. The molecule has 1 aliphatic heterocycles. The summed E-state index contributed by atoms with van der Waals surface area (Å²) in [5, 5.41) is 3.41. The topological polar surface area (TPSA) is 37.4 Å². The maximum atomic E-state index is 5.76. The van der Waals surface area contributed by atoms with E-state index in [-0.39, 0.29) is 0 Å². The van der Waals surface area contributed by atoms with E-state index in [2.05, 4.69) is 55.0 Å². The molecule has 2 unspecified atom stereocenters. The van der Waals surface area contributed by atoms with Gasteiger partial charge in [-0.25, -0.2) is 0 Å². The van der Waals surface area contributed by atoms with Crippen molar-refractivity contribution in [1.29, 1.82) is 0 Å². The second kappa shape index (κ2) is 7.16. The van der Waals surface area contributed by atoms with E-state index >= 15 is 0 Å². The molecule has 1 aromatic heterocycles. The van der Waals surface area contributed by atoms with Gasteiger partial charge in [0.15, 0.2) is 0 Å². The Kier molecular flexibility index (Phi) is 5.52. The standard InChI is InChI=1S/C16H27N3O/c1-12(2)17-7-15-5-6-16(18-8-15)11-19-9-13(3)20-14(4)10-19/h5-6,8,12-14,17H,7,9-11H2,1-4H3. The third-order valence-electron chi connectivity index (χ3n) is 3.48. The molecule has 2 heterocycles. The first-order valence-electron chi connectivity index (χ1n) is 7.58. The smallest absolute Gasteiger partial charge is 0.0678 e. The first-order chi connectivity index (χ1) is 9.52. The molecule has 0 aromatic carbocycles. The van der Waals surface area contributed by atoms with E-state index in [1.54, 1.807) is 0 Å². The van der Waals surface area contributed by atoms with E-state index in [4.69, 9.17) is 4.74 Å². The first-order valence-corrected chi connectivity index (χ1v) is 7.58. The highest BCUT2D eigenvalue weighted by Crippen LogP contribution is 2.13. The molecule has 2 atom stereocenters. The molecule has 1 fully saturated rings. The fourth-order valence-electron chi connectivity index (χ4n) is 2.62. The lowest BCUT2D eigenvalue weighted by Crippen LogP contribution is -2.44. The normalized spacial score (nSPS) is 24.2. The highest BCUT2D eigenvalue weighted by molar-refractivity contribution is 5.14. The number of nitrogens with zero attached hydrogens (tertiary/aromatic N) is 2. The third kappa shape index (κ3) is 4.85. The van der Waals surface area contributed by atoms with Gasteiger partial charge in [0.25, 0.3) is 0 Å². The summed E-state index contributed by atoms with van der Waals surface area (Å²) in [7, 11) is 0. The Morgan fingerprint density at radius 3 is 2.55 bits per heavy atom. The Morgan fingerprint density at radius 2 is 2.00 bits per heavy atom. The molecule has 0 amide bonds. The van der Waals surface area contributed by atoms with Crippen molar-refractivity contribution >= 4 is 0 Å². The molecular formula is C16H27N3O. The zero-order valence-electron chi connectivity index (χ0n) is 13.1. The Labute approximate surface area is 122 Å². The molecule has 112 valence electrons. The number of rotatable bonds is 5. The summed E-state index contributed by atoms with van der Waals surface area (Å²) in [5.41, 5.74) is 2.38. The SMILES string of the molecule is CC(C)NCc1ccc(CN2CC(C)OC(C)C2)nc1. The lowest BCUT2D eigenvalue weighted by atomic mass is 10.2. The van der Waals surface area contributed by atoms with Crippen LogP contribution < -0.4 is 5.32 Å². The minimum Gasteiger partial charge on any atom is -0.373 e. The molecule has 0 radical (unpaired) electrons. The van der Waals surface area contributed by atoms with E-state index < -0.39 is 0 Å².